The zero-order valence-corrected chi connectivity index (χ0v) is 11.5. The molecule has 0 spiro atoms. The number of carboxylic acid groups (broad SMARTS) is 1. The summed E-state index contributed by atoms with van der Waals surface area (Å²) in [4.78, 5) is 22.7. The predicted molar refractivity (Wildman–Crippen MR) is 67.7 cm³/mol. The molecule has 0 aliphatic rings. The van der Waals surface area contributed by atoms with Crippen molar-refractivity contribution in [3.05, 3.63) is 18.0 Å². The Labute approximate surface area is 111 Å². The van der Waals surface area contributed by atoms with E-state index in [2.05, 4.69) is 10.4 Å². The van der Waals surface area contributed by atoms with E-state index in [1.807, 2.05) is 0 Å². The van der Waals surface area contributed by atoms with Gasteiger partial charge in [-0.2, -0.15) is 5.10 Å². The number of aryl methyl sites for hydroxylation is 1. The fourth-order valence-corrected chi connectivity index (χ4v) is 1.46. The molecule has 1 atom stereocenters. The zero-order valence-electron chi connectivity index (χ0n) is 11.5. The summed E-state index contributed by atoms with van der Waals surface area (Å²) in [5.74, 6) is -1.12. The second-order valence-corrected chi connectivity index (χ2v) is 5.26. The SMILES string of the molecule is Cn1cc(CC(NC(=O)OC(C)(C)C)C(=O)O)cn1. The van der Waals surface area contributed by atoms with E-state index in [1.165, 1.54) is 0 Å². The van der Waals surface area contributed by atoms with Crippen LogP contribution in [0.2, 0.25) is 0 Å². The highest BCUT2D eigenvalue weighted by atomic mass is 16.6. The highest BCUT2D eigenvalue weighted by Gasteiger charge is 2.24. The summed E-state index contributed by atoms with van der Waals surface area (Å²) in [7, 11) is 1.74. The van der Waals surface area contributed by atoms with E-state index in [1.54, 1.807) is 44.9 Å². The van der Waals surface area contributed by atoms with Crippen molar-refractivity contribution in [3.63, 3.8) is 0 Å². The summed E-state index contributed by atoms with van der Waals surface area (Å²) < 4.78 is 6.60. The summed E-state index contributed by atoms with van der Waals surface area (Å²) in [5.41, 5.74) is 0.0625. The van der Waals surface area contributed by atoms with E-state index >= 15 is 0 Å². The lowest BCUT2D eigenvalue weighted by Crippen LogP contribution is -2.44. The Balaban J connectivity index is 2.63. The first kappa shape index (κ1) is 15.0. The minimum absolute atomic E-state index is 0.155. The number of hydrogen-bond acceptors (Lipinski definition) is 4. The van der Waals surface area contributed by atoms with Crippen molar-refractivity contribution in [2.24, 2.45) is 7.05 Å². The van der Waals surface area contributed by atoms with Crippen LogP contribution in [0, 0.1) is 0 Å². The number of aliphatic carboxylic acids is 1. The second kappa shape index (κ2) is 5.73. The van der Waals surface area contributed by atoms with Crippen LogP contribution in [0.15, 0.2) is 12.4 Å². The first-order chi connectivity index (χ1) is 8.67. The van der Waals surface area contributed by atoms with E-state index in [9.17, 15) is 9.59 Å². The number of nitrogens with one attached hydrogen (secondary N) is 1. The van der Waals surface area contributed by atoms with Gasteiger partial charge in [-0.15, -0.1) is 0 Å². The van der Waals surface area contributed by atoms with E-state index in [-0.39, 0.29) is 6.42 Å². The average molecular weight is 269 g/mol. The van der Waals surface area contributed by atoms with Gasteiger partial charge in [0.25, 0.3) is 0 Å². The van der Waals surface area contributed by atoms with Crippen LogP contribution < -0.4 is 5.32 Å². The highest BCUT2D eigenvalue weighted by Crippen LogP contribution is 2.08. The number of rotatable bonds is 4. The van der Waals surface area contributed by atoms with Gasteiger partial charge in [-0.25, -0.2) is 9.59 Å². The maximum absolute atomic E-state index is 11.6. The summed E-state index contributed by atoms with van der Waals surface area (Å²) in [6.07, 6.45) is 2.67. The molecule has 0 fully saturated rings. The molecule has 1 aromatic rings. The summed E-state index contributed by atoms with van der Waals surface area (Å²) in [6, 6.07) is -1.04. The third-order valence-corrected chi connectivity index (χ3v) is 2.19. The van der Waals surface area contributed by atoms with Gasteiger partial charge in [0.05, 0.1) is 6.20 Å². The maximum atomic E-state index is 11.6. The first-order valence-corrected chi connectivity index (χ1v) is 5.87. The number of ether oxygens (including phenoxy) is 1. The lowest BCUT2D eigenvalue weighted by molar-refractivity contribution is -0.139. The van der Waals surface area contributed by atoms with Crippen molar-refractivity contribution in [1.29, 1.82) is 0 Å². The molecule has 0 radical (unpaired) electrons. The van der Waals surface area contributed by atoms with Crippen molar-refractivity contribution >= 4 is 12.1 Å². The smallest absolute Gasteiger partial charge is 0.408 e. The molecule has 106 valence electrons. The lowest BCUT2D eigenvalue weighted by Gasteiger charge is -2.21. The minimum atomic E-state index is -1.12. The molecule has 0 aromatic carbocycles. The quantitative estimate of drug-likeness (QED) is 0.848. The number of aromatic nitrogens is 2. The van der Waals surface area contributed by atoms with Crippen LogP contribution in [-0.2, 0) is 23.0 Å². The van der Waals surface area contributed by atoms with Gasteiger partial charge in [0.1, 0.15) is 11.6 Å². The van der Waals surface area contributed by atoms with Crippen LogP contribution in [-0.4, -0.2) is 38.6 Å². The van der Waals surface area contributed by atoms with Crippen molar-refractivity contribution in [2.75, 3.05) is 0 Å². The van der Waals surface area contributed by atoms with Gasteiger partial charge in [-0.05, 0) is 26.3 Å². The predicted octanol–water partition coefficient (Wildman–Crippen LogP) is 0.940. The largest absolute Gasteiger partial charge is 0.480 e. The molecule has 1 unspecified atom stereocenters. The van der Waals surface area contributed by atoms with Gasteiger partial charge in [-0.1, -0.05) is 0 Å². The zero-order chi connectivity index (χ0) is 14.6. The van der Waals surface area contributed by atoms with Gasteiger partial charge in [0, 0.05) is 19.7 Å². The standard InChI is InChI=1S/C12H19N3O4/c1-12(2,3)19-11(18)14-9(10(16)17)5-8-6-13-15(4)7-8/h6-7,9H,5H2,1-4H3,(H,14,18)(H,16,17). The van der Waals surface area contributed by atoms with Gasteiger partial charge >= 0.3 is 12.1 Å². The number of alkyl carbamates (subject to hydrolysis) is 1. The average Bonchev–Trinajstić information content (AvgIpc) is 2.60. The Kier molecular flexibility index (Phi) is 4.52. The van der Waals surface area contributed by atoms with Crippen LogP contribution in [0.25, 0.3) is 0 Å². The number of amides is 1. The van der Waals surface area contributed by atoms with Crippen molar-refractivity contribution in [3.8, 4) is 0 Å². The van der Waals surface area contributed by atoms with Crippen molar-refractivity contribution < 1.29 is 19.4 Å². The maximum Gasteiger partial charge on any atom is 0.408 e. The van der Waals surface area contributed by atoms with Gasteiger partial charge in [-0.3, -0.25) is 4.68 Å². The summed E-state index contributed by atoms with van der Waals surface area (Å²) in [6.45, 7) is 5.14. The van der Waals surface area contributed by atoms with E-state index in [0.717, 1.165) is 5.56 Å². The van der Waals surface area contributed by atoms with E-state index < -0.39 is 23.7 Å². The molecule has 0 aliphatic heterocycles. The molecule has 0 bridgehead atoms. The molecule has 19 heavy (non-hydrogen) atoms. The van der Waals surface area contributed by atoms with Crippen LogP contribution >= 0.6 is 0 Å². The molecular weight excluding hydrogens is 250 g/mol. The number of carbonyl (C=O) groups is 2. The van der Waals surface area contributed by atoms with Crippen molar-refractivity contribution in [1.82, 2.24) is 15.1 Å². The van der Waals surface area contributed by atoms with Gasteiger partial charge < -0.3 is 15.2 Å². The molecule has 7 heteroatoms. The van der Waals surface area contributed by atoms with Gasteiger partial charge in [0.2, 0.25) is 0 Å². The normalized spacial score (nSPS) is 12.8. The molecule has 2 N–H and O–H groups in total. The number of hydrogen-bond donors (Lipinski definition) is 2. The molecule has 1 amide bonds. The summed E-state index contributed by atoms with van der Waals surface area (Å²) in [5, 5.41) is 15.4. The Morgan fingerprint density at radius 3 is 2.58 bits per heavy atom. The van der Waals surface area contributed by atoms with Crippen LogP contribution in [0.3, 0.4) is 0 Å². The van der Waals surface area contributed by atoms with E-state index in [0.29, 0.717) is 0 Å². The van der Waals surface area contributed by atoms with E-state index in [4.69, 9.17) is 9.84 Å². The Bertz CT molecular complexity index is 462. The molecule has 1 rings (SSSR count). The van der Waals surface area contributed by atoms with Crippen LogP contribution in [0.4, 0.5) is 4.79 Å². The molecule has 0 saturated heterocycles. The second-order valence-electron chi connectivity index (χ2n) is 5.26. The lowest BCUT2D eigenvalue weighted by atomic mass is 10.1. The molecule has 0 aliphatic carbocycles. The molecule has 0 saturated carbocycles. The molecular formula is C12H19N3O4. The monoisotopic (exact) mass is 269 g/mol. The molecule has 1 heterocycles. The fraction of sp³-hybridized carbons (Fsp3) is 0.583. The number of carboxylic acids is 1. The topological polar surface area (TPSA) is 93.5 Å². The third-order valence-electron chi connectivity index (χ3n) is 2.19. The Hall–Kier alpha value is -2.05. The van der Waals surface area contributed by atoms with Gasteiger partial charge in [0.15, 0.2) is 0 Å². The van der Waals surface area contributed by atoms with Crippen LogP contribution in [0.1, 0.15) is 26.3 Å². The molecule has 7 nitrogen and oxygen atoms in total. The fourth-order valence-electron chi connectivity index (χ4n) is 1.46. The van der Waals surface area contributed by atoms with Crippen molar-refractivity contribution in [2.45, 2.75) is 38.8 Å². The Morgan fingerprint density at radius 1 is 1.53 bits per heavy atom. The first-order valence-electron chi connectivity index (χ1n) is 5.87. The van der Waals surface area contributed by atoms with Crippen LogP contribution in [0.5, 0.6) is 0 Å². The number of nitrogens with zero attached hydrogens (tertiary/aromatic N) is 2. The number of carbonyl (C=O) groups excluding carboxylic acids is 1. The Morgan fingerprint density at radius 2 is 2.16 bits per heavy atom. The highest BCUT2D eigenvalue weighted by molar-refractivity contribution is 5.80. The minimum Gasteiger partial charge on any atom is -0.480 e. The summed E-state index contributed by atoms with van der Waals surface area (Å²) >= 11 is 0. The molecule has 1 aromatic heterocycles. The third kappa shape index (κ3) is 5.41.